The maximum atomic E-state index is 5.31. The van der Waals surface area contributed by atoms with Gasteiger partial charge in [0.2, 0.25) is 0 Å². The highest BCUT2D eigenvalue weighted by molar-refractivity contribution is 14.1. The van der Waals surface area contributed by atoms with Crippen LogP contribution >= 0.6 is 22.6 Å². The van der Waals surface area contributed by atoms with Gasteiger partial charge in [-0.3, -0.25) is 0 Å². The van der Waals surface area contributed by atoms with E-state index in [1.807, 2.05) is 46.9 Å². The summed E-state index contributed by atoms with van der Waals surface area (Å²) in [5, 5.41) is 0. The zero-order valence-corrected chi connectivity index (χ0v) is 10.1. The molecule has 0 N–H and O–H groups in total. The number of methoxy groups -OCH3 is 1. The Labute approximate surface area is 97.7 Å². The Kier molecular flexibility index (Phi) is 5.42. The van der Waals surface area contributed by atoms with Gasteiger partial charge in [0.05, 0.1) is 13.7 Å². The van der Waals surface area contributed by atoms with Crippen molar-refractivity contribution in [2.24, 2.45) is 0 Å². The first kappa shape index (κ1) is 11.3. The van der Waals surface area contributed by atoms with Gasteiger partial charge in [-0.2, -0.15) is 0 Å². The van der Waals surface area contributed by atoms with Crippen LogP contribution in [0, 0.1) is 9.85 Å². The van der Waals surface area contributed by atoms with Crippen molar-refractivity contribution in [2.45, 2.75) is 6.61 Å². The summed E-state index contributed by atoms with van der Waals surface area (Å²) in [7, 11) is 1.65. The van der Waals surface area contributed by atoms with Crippen LogP contribution in [0.3, 0.4) is 0 Å². The molecular weight excluding hydrogens is 291 g/mol. The molecule has 0 aromatic heterocycles. The smallest absolute Gasteiger partial charge is 0.118 e. The molecular formula is C11H11IO2. The Morgan fingerprint density at radius 3 is 2.57 bits per heavy atom. The minimum Gasteiger partial charge on any atom is -0.497 e. The molecule has 0 aliphatic heterocycles. The van der Waals surface area contributed by atoms with Crippen molar-refractivity contribution in [1.82, 2.24) is 0 Å². The molecule has 1 aromatic carbocycles. The maximum absolute atomic E-state index is 5.31. The molecule has 0 radical (unpaired) electrons. The van der Waals surface area contributed by atoms with Crippen molar-refractivity contribution in [1.29, 1.82) is 0 Å². The molecule has 0 aliphatic carbocycles. The predicted octanol–water partition coefficient (Wildman–Crippen LogP) is 2.61. The second-order valence-corrected chi connectivity index (χ2v) is 3.15. The molecule has 14 heavy (non-hydrogen) atoms. The molecule has 0 unspecified atom stereocenters. The minimum atomic E-state index is 0.481. The highest BCUT2D eigenvalue weighted by atomic mass is 127. The van der Waals surface area contributed by atoms with E-state index in [4.69, 9.17) is 9.47 Å². The van der Waals surface area contributed by atoms with Crippen LogP contribution in [0.5, 0.6) is 5.75 Å². The molecule has 0 saturated carbocycles. The van der Waals surface area contributed by atoms with Gasteiger partial charge >= 0.3 is 0 Å². The van der Waals surface area contributed by atoms with Gasteiger partial charge in [-0.1, -0.05) is 18.1 Å². The molecule has 1 aromatic rings. The topological polar surface area (TPSA) is 18.5 Å². The third-order valence-electron chi connectivity index (χ3n) is 1.67. The van der Waals surface area contributed by atoms with E-state index in [1.165, 1.54) is 0 Å². The number of benzene rings is 1. The van der Waals surface area contributed by atoms with Gasteiger partial charge in [0.1, 0.15) is 12.4 Å². The van der Waals surface area contributed by atoms with E-state index < -0.39 is 0 Å². The highest BCUT2D eigenvalue weighted by Crippen LogP contribution is 2.11. The third-order valence-corrected chi connectivity index (χ3v) is 2.05. The molecule has 0 atom stereocenters. The first-order chi connectivity index (χ1) is 6.86. The third kappa shape index (κ3) is 3.99. The molecule has 1 rings (SSSR count). The van der Waals surface area contributed by atoms with Crippen LogP contribution in [-0.2, 0) is 11.3 Å². The monoisotopic (exact) mass is 302 g/mol. The second-order valence-electron chi connectivity index (χ2n) is 2.61. The Morgan fingerprint density at radius 1 is 1.29 bits per heavy atom. The van der Waals surface area contributed by atoms with Gasteiger partial charge in [-0.05, 0) is 21.6 Å². The van der Waals surface area contributed by atoms with E-state index in [1.54, 1.807) is 7.11 Å². The zero-order chi connectivity index (χ0) is 10.2. The van der Waals surface area contributed by atoms with Gasteiger partial charge in [0, 0.05) is 22.6 Å². The summed E-state index contributed by atoms with van der Waals surface area (Å²) in [5.41, 5.74) is 1.13. The average molecular weight is 302 g/mol. The van der Waals surface area contributed by atoms with Crippen LogP contribution in [0.25, 0.3) is 0 Å². The second kappa shape index (κ2) is 6.68. The van der Waals surface area contributed by atoms with Crippen molar-refractivity contribution in [3.63, 3.8) is 0 Å². The van der Waals surface area contributed by atoms with Crippen LogP contribution in [0.15, 0.2) is 24.3 Å². The van der Waals surface area contributed by atoms with Gasteiger partial charge < -0.3 is 9.47 Å². The van der Waals surface area contributed by atoms with Crippen LogP contribution in [-0.4, -0.2) is 13.7 Å². The summed E-state index contributed by atoms with van der Waals surface area (Å²) >= 11 is 1.99. The van der Waals surface area contributed by atoms with Crippen molar-refractivity contribution < 1.29 is 9.47 Å². The molecule has 0 fully saturated rings. The summed E-state index contributed by atoms with van der Waals surface area (Å²) < 4.78 is 13.1. The lowest BCUT2D eigenvalue weighted by atomic mass is 10.2. The molecule has 0 amide bonds. The lowest BCUT2D eigenvalue weighted by Crippen LogP contribution is -1.93. The van der Waals surface area contributed by atoms with Gasteiger partial charge in [0.25, 0.3) is 0 Å². The standard InChI is InChI=1S/C11H11IO2/c1-13-11-5-3-10(4-6-11)9-14-8-2-7-12/h3-6H,8-9H2,1H3. The molecule has 2 nitrogen and oxygen atoms in total. The Morgan fingerprint density at radius 2 is 2.00 bits per heavy atom. The number of ether oxygens (including phenoxy) is 2. The first-order valence-corrected chi connectivity index (χ1v) is 5.24. The highest BCUT2D eigenvalue weighted by Gasteiger charge is 1.93. The molecule has 0 saturated heterocycles. The van der Waals surface area contributed by atoms with Crippen LogP contribution in [0.2, 0.25) is 0 Å². The van der Waals surface area contributed by atoms with Crippen LogP contribution < -0.4 is 4.74 Å². The number of hydrogen-bond donors (Lipinski definition) is 0. The minimum absolute atomic E-state index is 0.481. The average Bonchev–Trinajstić information content (AvgIpc) is 2.25. The Hall–Kier alpha value is -0.730. The summed E-state index contributed by atoms with van der Waals surface area (Å²) in [6.07, 6.45) is 0. The van der Waals surface area contributed by atoms with Crippen LogP contribution in [0.1, 0.15) is 5.56 Å². The normalized spacial score (nSPS) is 9.00. The molecule has 0 heterocycles. The zero-order valence-electron chi connectivity index (χ0n) is 7.92. The fourth-order valence-corrected chi connectivity index (χ4v) is 1.12. The summed E-state index contributed by atoms with van der Waals surface area (Å²) in [5.74, 6) is 3.69. The fraction of sp³-hybridized carbons (Fsp3) is 0.273. The van der Waals surface area contributed by atoms with Crippen molar-refractivity contribution >= 4 is 22.6 Å². The SMILES string of the molecule is COc1ccc(COCC#CI)cc1. The number of rotatable bonds is 4. The van der Waals surface area contributed by atoms with E-state index >= 15 is 0 Å². The maximum Gasteiger partial charge on any atom is 0.118 e. The lowest BCUT2D eigenvalue weighted by Gasteiger charge is -2.02. The van der Waals surface area contributed by atoms with E-state index in [0.29, 0.717) is 13.2 Å². The van der Waals surface area contributed by atoms with Crippen molar-refractivity contribution in [2.75, 3.05) is 13.7 Å². The summed E-state index contributed by atoms with van der Waals surface area (Å²) in [4.78, 5) is 0. The van der Waals surface area contributed by atoms with Crippen molar-refractivity contribution in [3.05, 3.63) is 29.8 Å². The van der Waals surface area contributed by atoms with Crippen molar-refractivity contribution in [3.8, 4) is 15.6 Å². The Bertz CT molecular complexity index is 321. The van der Waals surface area contributed by atoms with Gasteiger partial charge in [-0.25, -0.2) is 0 Å². The van der Waals surface area contributed by atoms with E-state index in [2.05, 4.69) is 9.85 Å². The lowest BCUT2D eigenvalue weighted by molar-refractivity contribution is 0.153. The fourth-order valence-electron chi connectivity index (χ4n) is 0.969. The summed E-state index contributed by atoms with van der Waals surface area (Å²) in [6.45, 7) is 1.07. The molecule has 3 heteroatoms. The Balaban J connectivity index is 2.38. The predicted molar refractivity (Wildman–Crippen MR) is 64.4 cm³/mol. The first-order valence-electron chi connectivity index (χ1n) is 4.16. The molecule has 0 bridgehead atoms. The number of halogens is 1. The molecule has 0 aliphatic rings. The molecule has 0 spiro atoms. The van der Waals surface area contributed by atoms with E-state index in [9.17, 15) is 0 Å². The van der Waals surface area contributed by atoms with E-state index in [0.717, 1.165) is 11.3 Å². The summed E-state index contributed by atoms with van der Waals surface area (Å²) in [6, 6.07) is 7.80. The molecule has 74 valence electrons. The van der Waals surface area contributed by atoms with E-state index in [-0.39, 0.29) is 0 Å². The largest absolute Gasteiger partial charge is 0.497 e. The van der Waals surface area contributed by atoms with Gasteiger partial charge in [-0.15, -0.1) is 0 Å². The van der Waals surface area contributed by atoms with Gasteiger partial charge in [0.15, 0.2) is 0 Å². The van der Waals surface area contributed by atoms with Crippen LogP contribution in [0.4, 0.5) is 0 Å². The quantitative estimate of drug-likeness (QED) is 0.483. The number of hydrogen-bond acceptors (Lipinski definition) is 2.